The van der Waals surface area contributed by atoms with Crippen molar-refractivity contribution in [3.05, 3.63) is 65.2 Å². The maximum absolute atomic E-state index is 14.4. The lowest BCUT2D eigenvalue weighted by atomic mass is 9.88. The fourth-order valence-corrected chi connectivity index (χ4v) is 9.35. The smallest absolute Gasteiger partial charge is 0.306 e. The van der Waals surface area contributed by atoms with Gasteiger partial charge in [-0.1, -0.05) is 24.3 Å². The Kier molecular flexibility index (Phi) is 7.17. The summed E-state index contributed by atoms with van der Waals surface area (Å²) in [5.41, 5.74) is 1.40. The second-order valence-corrected chi connectivity index (χ2v) is 12.7. The van der Waals surface area contributed by atoms with Crippen molar-refractivity contribution in [3.63, 3.8) is 0 Å². The van der Waals surface area contributed by atoms with Crippen molar-refractivity contribution in [3.8, 4) is 0 Å². The van der Waals surface area contributed by atoms with Crippen LogP contribution in [-0.2, 0) is 20.0 Å². The summed E-state index contributed by atoms with van der Waals surface area (Å²) in [6, 6.07) is 12.3. The van der Waals surface area contributed by atoms with Crippen LogP contribution in [0.5, 0.6) is 0 Å². The second-order valence-electron chi connectivity index (χ2n) is 9.35. The topological polar surface area (TPSA) is 35.5 Å². The Morgan fingerprint density at radius 3 is 2.25 bits per heavy atom. The molecule has 3 nitrogen and oxygen atoms in total. The van der Waals surface area contributed by atoms with E-state index < -0.39 is 24.9 Å². The molecule has 1 heterocycles. The van der Waals surface area contributed by atoms with Crippen LogP contribution in [0, 0.1) is 17.6 Å². The van der Waals surface area contributed by atoms with Gasteiger partial charge in [0.25, 0.3) is 0 Å². The van der Waals surface area contributed by atoms with Gasteiger partial charge in [-0.2, -0.15) is 0 Å². The lowest BCUT2D eigenvalue weighted by molar-refractivity contribution is 0.135. The summed E-state index contributed by atoms with van der Waals surface area (Å²) in [5, 5.41) is -0.0312. The van der Waals surface area contributed by atoms with E-state index in [0.29, 0.717) is 17.9 Å². The molecule has 0 N–H and O–H groups in total. The highest BCUT2D eigenvalue weighted by molar-refractivity contribution is 8.00. The van der Waals surface area contributed by atoms with Crippen molar-refractivity contribution in [2.24, 2.45) is 5.92 Å². The molecule has 7 heteroatoms. The highest BCUT2D eigenvalue weighted by Gasteiger charge is 2.52. The molecule has 174 valence electrons. The summed E-state index contributed by atoms with van der Waals surface area (Å²) in [5.74, 6) is -1.00. The summed E-state index contributed by atoms with van der Waals surface area (Å²) in [6.45, 7) is 7.39. The predicted molar refractivity (Wildman–Crippen MR) is 125 cm³/mol. The first-order valence-electron chi connectivity index (χ1n) is 11.3. The van der Waals surface area contributed by atoms with Gasteiger partial charge in [0, 0.05) is 16.1 Å². The van der Waals surface area contributed by atoms with E-state index in [1.807, 2.05) is 33.8 Å². The minimum atomic E-state index is -3.60. The van der Waals surface area contributed by atoms with E-state index >= 15 is 0 Å². The first kappa shape index (κ1) is 23.9. The SMILES string of the molecule is CC(C)OP(=O)(OC(C)C)C(Cc1ccc(F)c(F)c1)C1Sc2ccccc2C1C1CC1. The van der Waals surface area contributed by atoms with Crippen LogP contribution >= 0.6 is 19.4 Å². The van der Waals surface area contributed by atoms with Gasteiger partial charge in [0.05, 0.1) is 17.9 Å². The maximum Gasteiger partial charge on any atom is 0.335 e. The van der Waals surface area contributed by atoms with Gasteiger partial charge in [-0.3, -0.25) is 4.57 Å². The molecule has 1 saturated carbocycles. The summed E-state index contributed by atoms with van der Waals surface area (Å²) in [4.78, 5) is 1.20. The summed E-state index contributed by atoms with van der Waals surface area (Å²) in [6.07, 6.45) is 2.01. The zero-order chi connectivity index (χ0) is 23.0. The van der Waals surface area contributed by atoms with Crippen molar-refractivity contribution in [2.45, 2.75) is 80.9 Å². The molecule has 0 saturated heterocycles. The molecule has 0 bridgehead atoms. The molecule has 3 unspecified atom stereocenters. The van der Waals surface area contributed by atoms with E-state index in [9.17, 15) is 13.3 Å². The first-order valence-corrected chi connectivity index (χ1v) is 13.8. The fourth-order valence-electron chi connectivity index (χ4n) is 4.64. The van der Waals surface area contributed by atoms with E-state index in [2.05, 4.69) is 18.2 Å². The largest absolute Gasteiger partial charge is 0.335 e. The molecule has 1 aliphatic heterocycles. The third kappa shape index (κ3) is 5.14. The molecule has 0 aromatic heterocycles. The highest BCUT2D eigenvalue weighted by atomic mass is 32.2. The molecule has 4 rings (SSSR count). The Hall–Kier alpha value is -1.20. The van der Waals surface area contributed by atoms with Crippen molar-refractivity contribution in [1.82, 2.24) is 0 Å². The van der Waals surface area contributed by atoms with Crippen LogP contribution < -0.4 is 0 Å². The highest BCUT2D eigenvalue weighted by Crippen LogP contribution is 2.65. The van der Waals surface area contributed by atoms with Crippen molar-refractivity contribution < 1.29 is 22.4 Å². The van der Waals surface area contributed by atoms with E-state index in [-0.39, 0.29) is 23.4 Å². The fraction of sp³-hybridized carbons (Fsp3) is 0.520. The Labute approximate surface area is 193 Å². The Morgan fingerprint density at radius 1 is 1.00 bits per heavy atom. The zero-order valence-electron chi connectivity index (χ0n) is 19.0. The van der Waals surface area contributed by atoms with Crippen LogP contribution in [0.1, 0.15) is 57.6 Å². The maximum atomic E-state index is 14.4. The number of fused-ring (bicyclic) bond motifs is 1. The number of halogens is 2. The van der Waals surface area contributed by atoms with Crippen LogP contribution in [0.2, 0.25) is 0 Å². The van der Waals surface area contributed by atoms with Crippen molar-refractivity contribution in [1.29, 1.82) is 0 Å². The lowest BCUT2D eigenvalue weighted by Gasteiger charge is -2.35. The lowest BCUT2D eigenvalue weighted by Crippen LogP contribution is -2.33. The van der Waals surface area contributed by atoms with Gasteiger partial charge >= 0.3 is 7.60 Å². The second kappa shape index (κ2) is 9.58. The Balaban J connectivity index is 1.77. The molecule has 3 atom stereocenters. The average molecular weight is 481 g/mol. The molecule has 2 aromatic rings. The van der Waals surface area contributed by atoms with Gasteiger partial charge in [-0.25, -0.2) is 8.78 Å². The number of hydrogen-bond acceptors (Lipinski definition) is 4. The summed E-state index contributed by atoms with van der Waals surface area (Å²) < 4.78 is 54.1. The van der Waals surface area contributed by atoms with E-state index in [1.165, 1.54) is 16.5 Å². The van der Waals surface area contributed by atoms with E-state index in [1.54, 1.807) is 17.8 Å². The van der Waals surface area contributed by atoms with E-state index in [0.717, 1.165) is 18.9 Å². The molecule has 1 aliphatic carbocycles. The molecule has 2 aromatic carbocycles. The van der Waals surface area contributed by atoms with Crippen molar-refractivity contribution >= 4 is 19.4 Å². The zero-order valence-corrected chi connectivity index (χ0v) is 20.7. The van der Waals surface area contributed by atoms with Crippen LogP contribution in [0.3, 0.4) is 0 Å². The van der Waals surface area contributed by atoms with Gasteiger partial charge in [0.2, 0.25) is 0 Å². The van der Waals surface area contributed by atoms with E-state index in [4.69, 9.17) is 9.05 Å². The molecular formula is C25H31F2O3PS. The average Bonchev–Trinajstić information content (AvgIpc) is 3.47. The standard InChI is InChI=1S/C25H31F2O3PS/c1-15(2)29-31(28,30-16(3)4)22(14-17-9-12-20(26)21(27)13-17)25-24(18-10-11-18)19-7-5-6-8-23(19)32-25/h5-9,12-13,15-16,18,22,24-25H,10-11,14H2,1-4H3. The number of benzene rings is 2. The number of hydrogen-bond donors (Lipinski definition) is 0. The Morgan fingerprint density at radius 2 is 1.66 bits per heavy atom. The Bertz CT molecular complexity index is 994. The first-order chi connectivity index (χ1) is 15.2. The minimum Gasteiger partial charge on any atom is -0.306 e. The summed E-state index contributed by atoms with van der Waals surface area (Å²) in [7, 11) is -3.60. The molecule has 0 spiro atoms. The normalized spacial score (nSPS) is 21.9. The minimum absolute atomic E-state index is 0.0312. The molecule has 1 fully saturated rings. The number of rotatable bonds is 9. The van der Waals surface area contributed by atoms with Gasteiger partial charge in [-0.05, 0) is 82.2 Å². The monoisotopic (exact) mass is 480 g/mol. The van der Waals surface area contributed by atoms with Gasteiger partial charge in [0.15, 0.2) is 11.6 Å². The number of thioether (sulfide) groups is 1. The van der Waals surface area contributed by atoms with Crippen LogP contribution in [0.4, 0.5) is 8.78 Å². The molecular weight excluding hydrogens is 449 g/mol. The summed E-state index contributed by atoms with van der Waals surface area (Å²) >= 11 is 1.73. The molecule has 32 heavy (non-hydrogen) atoms. The quantitative estimate of drug-likeness (QED) is 0.347. The van der Waals surface area contributed by atoms with Gasteiger partial charge < -0.3 is 9.05 Å². The third-order valence-corrected chi connectivity index (χ3v) is 10.4. The van der Waals surface area contributed by atoms with Crippen LogP contribution in [-0.4, -0.2) is 23.1 Å². The predicted octanol–water partition coefficient (Wildman–Crippen LogP) is 7.59. The third-order valence-electron chi connectivity index (χ3n) is 5.95. The van der Waals surface area contributed by atoms with Gasteiger partial charge in [0.1, 0.15) is 0 Å². The molecule has 0 amide bonds. The molecule has 0 radical (unpaired) electrons. The van der Waals surface area contributed by atoms with Crippen LogP contribution in [0.15, 0.2) is 47.4 Å². The van der Waals surface area contributed by atoms with Crippen molar-refractivity contribution in [2.75, 3.05) is 0 Å². The van der Waals surface area contributed by atoms with Gasteiger partial charge in [-0.15, -0.1) is 11.8 Å². The molecule has 2 aliphatic rings. The van der Waals surface area contributed by atoms with Crippen LogP contribution in [0.25, 0.3) is 0 Å².